The third-order valence-corrected chi connectivity index (χ3v) is 4.81. The van der Waals surface area contributed by atoms with E-state index in [1.807, 2.05) is 13.8 Å². The Hall–Kier alpha value is -0.800. The Balaban J connectivity index is 2.01. The minimum atomic E-state index is 0.0804. The summed E-state index contributed by atoms with van der Waals surface area (Å²) in [5, 5.41) is 3.77. The molecule has 0 saturated carbocycles. The fraction of sp³-hybridized carbons (Fsp3) is 0.765. The number of nitrogens with one attached hydrogen (secondary N) is 1. The van der Waals surface area contributed by atoms with Crippen LogP contribution < -0.4 is 5.32 Å². The Morgan fingerprint density at radius 2 is 2.05 bits per heavy atom. The third-order valence-electron chi connectivity index (χ3n) is 4.81. The van der Waals surface area contributed by atoms with Crippen molar-refractivity contribution in [3.63, 3.8) is 0 Å². The maximum atomic E-state index is 6.05. The zero-order chi connectivity index (χ0) is 14.8. The number of rotatable bonds is 5. The van der Waals surface area contributed by atoms with Gasteiger partial charge in [0.05, 0.1) is 5.60 Å². The summed E-state index contributed by atoms with van der Waals surface area (Å²) in [4.78, 5) is 0. The van der Waals surface area contributed by atoms with Crippen LogP contribution in [0.5, 0.6) is 0 Å². The van der Waals surface area contributed by atoms with E-state index in [1.165, 1.54) is 5.56 Å². The maximum Gasteiger partial charge on any atom is 0.105 e. The van der Waals surface area contributed by atoms with E-state index in [-0.39, 0.29) is 5.60 Å². The van der Waals surface area contributed by atoms with Crippen molar-refractivity contribution in [2.45, 2.75) is 78.0 Å². The Morgan fingerprint density at radius 1 is 1.35 bits per heavy atom. The van der Waals surface area contributed by atoms with E-state index >= 15 is 0 Å². The summed E-state index contributed by atoms with van der Waals surface area (Å²) in [6.07, 6.45) is 4.40. The first-order valence-corrected chi connectivity index (χ1v) is 7.96. The Labute approximate surface area is 123 Å². The van der Waals surface area contributed by atoms with Crippen LogP contribution in [-0.2, 0) is 4.74 Å². The van der Waals surface area contributed by atoms with Gasteiger partial charge in [-0.25, -0.2) is 0 Å². The minimum Gasteiger partial charge on any atom is -0.466 e. The van der Waals surface area contributed by atoms with Gasteiger partial charge >= 0.3 is 0 Å². The van der Waals surface area contributed by atoms with E-state index in [1.54, 1.807) is 0 Å². The molecular formula is C17H29NO2. The highest BCUT2D eigenvalue weighted by molar-refractivity contribution is 5.23. The van der Waals surface area contributed by atoms with Crippen LogP contribution in [0.4, 0.5) is 0 Å². The number of furan rings is 1. The van der Waals surface area contributed by atoms with Gasteiger partial charge in [-0.3, -0.25) is 0 Å². The quantitative estimate of drug-likeness (QED) is 0.873. The number of hydrogen-bond donors (Lipinski definition) is 1. The molecule has 0 aliphatic carbocycles. The average molecular weight is 279 g/mol. The molecule has 20 heavy (non-hydrogen) atoms. The fourth-order valence-corrected chi connectivity index (χ4v) is 3.44. The molecule has 2 unspecified atom stereocenters. The molecule has 1 saturated heterocycles. The monoisotopic (exact) mass is 279 g/mol. The van der Waals surface area contributed by atoms with Crippen LogP contribution in [0.15, 0.2) is 10.5 Å². The lowest BCUT2D eigenvalue weighted by Crippen LogP contribution is -2.47. The molecule has 1 aromatic heterocycles. The zero-order valence-electron chi connectivity index (χ0n) is 13.6. The summed E-state index contributed by atoms with van der Waals surface area (Å²) in [6.45, 7) is 11.6. The van der Waals surface area contributed by atoms with Crippen molar-refractivity contribution in [1.82, 2.24) is 5.32 Å². The SMILES string of the molecule is CCC1(CC)CC(NC(C)c2cc(C)oc2C)CCO1. The second-order valence-corrected chi connectivity index (χ2v) is 6.19. The molecule has 1 aliphatic heterocycles. The van der Waals surface area contributed by atoms with Crippen LogP contribution in [0.3, 0.4) is 0 Å². The number of aryl methyl sites for hydroxylation is 2. The molecule has 0 radical (unpaired) electrons. The zero-order valence-corrected chi connectivity index (χ0v) is 13.6. The molecule has 2 rings (SSSR count). The van der Waals surface area contributed by atoms with Gasteiger partial charge in [-0.15, -0.1) is 0 Å². The van der Waals surface area contributed by atoms with E-state index in [4.69, 9.17) is 9.15 Å². The lowest BCUT2D eigenvalue weighted by atomic mass is 9.85. The van der Waals surface area contributed by atoms with Gasteiger partial charge in [0.1, 0.15) is 11.5 Å². The maximum absolute atomic E-state index is 6.05. The molecule has 3 heteroatoms. The summed E-state index contributed by atoms with van der Waals surface area (Å²) in [5.74, 6) is 2.03. The van der Waals surface area contributed by atoms with Gasteiger partial charge in [-0.1, -0.05) is 13.8 Å². The normalized spacial score (nSPS) is 23.8. The van der Waals surface area contributed by atoms with Crippen LogP contribution in [0.25, 0.3) is 0 Å². The topological polar surface area (TPSA) is 34.4 Å². The van der Waals surface area contributed by atoms with E-state index in [9.17, 15) is 0 Å². The lowest BCUT2D eigenvalue weighted by Gasteiger charge is -2.41. The van der Waals surface area contributed by atoms with Crippen LogP contribution in [0.2, 0.25) is 0 Å². The molecule has 0 amide bonds. The van der Waals surface area contributed by atoms with Crippen LogP contribution in [0.1, 0.15) is 69.6 Å². The molecule has 2 heterocycles. The molecule has 0 bridgehead atoms. The van der Waals surface area contributed by atoms with Crippen LogP contribution in [0, 0.1) is 13.8 Å². The van der Waals surface area contributed by atoms with Gasteiger partial charge in [0, 0.05) is 24.3 Å². The Bertz CT molecular complexity index is 434. The van der Waals surface area contributed by atoms with Crippen molar-refractivity contribution in [3.8, 4) is 0 Å². The van der Waals surface area contributed by atoms with Crippen molar-refractivity contribution >= 4 is 0 Å². The molecule has 114 valence electrons. The van der Waals surface area contributed by atoms with Gasteiger partial charge in [0.15, 0.2) is 0 Å². The second kappa shape index (κ2) is 6.31. The van der Waals surface area contributed by atoms with Crippen LogP contribution >= 0.6 is 0 Å². The predicted octanol–water partition coefficient (Wildman–Crippen LogP) is 4.28. The first-order chi connectivity index (χ1) is 9.49. The largest absolute Gasteiger partial charge is 0.466 e. The highest BCUT2D eigenvalue weighted by atomic mass is 16.5. The molecule has 3 nitrogen and oxygen atoms in total. The highest BCUT2D eigenvalue weighted by Gasteiger charge is 2.35. The summed E-state index contributed by atoms with van der Waals surface area (Å²) in [6, 6.07) is 3.02. The Kier molecular flexibility index (Phi) is 4.92. The lowest BCUT2D eigenvalue weighted by molar-refractivity contribution is -0.0939. The van der Waals surface area contributed by atoms with E-state index in [0.29, 0.717) is 12.1 Å². The van der Waals surface area contributed by atoms with Gasteiger partial charge in [-0.05, 0) is 52.5 Å². The van der Waals surface area contributed by atoms with Crippen molar-refractivity contribution in [3.05, 3.63) is 23.2 Å². The second-order valence-electron chi connectivity index (χ2n) is 6.19. The van der Waals surface area contributed by atoms with E-state index < -0.39 is 0 Å². The molecule has 1 aliphatic rings. The average Bonchev–Trinajstić information content (AvgIpc) is 2.78. The van der Waals surface area contributed by atoms with Gasteiger partial charge < -0.3 is 14.5 Å². The summed E-state index contributed by atoms with van der Waals surface area (Å²) >= 11 is 0. The predicted molar refractivity (Wildman–Crippen MR) is 82.0 cm³/mol. The van der Waals surface area contributed by atoms with Gasteiger partial charge in [0.2, 0.25) is 0 Å². The Morgan fingerprint density at radius 3 is 2.60 bits per heavy atom. The fourth-order valence-electron chi connectivity index (χ4n) is 3.44. The molecule has 1 aromatic rings. The molecule has 1 N–H and O–H groups in total. The van der Waals surface area contributed by atoms with Crippen molar-refractivity contribution in [1.29, 1.82) is 0 Å². The third kappa shape index (κ3) is 3.26. The van der Waals surface area contributed by atoms with Crippen molar-refractivity contribution in [2.75, 3.05) is 6.61 Å². The molecule has 0 aromatic carbocycles. The van der Waals surface area contributed by atoms with E-state index in [0.717, 1.165) is 43.8 Å². The van der Waals surface area contributed by atoms with Crippen molar-refractivity contribution < 1.29 is 9.15 Å². The molecule has 0 spiro atoms. The number of ether oxygens (including phenoxy) is 1. The molecule has 2 atom stereocenters. The van der Waals surface area contributed by atoms with Crippen molar-refractivity contribution in [2.24, 2.45) is 0 Å². The summed E-state index contributed by atoms with van der Waals surface area (Å²) in [5.41, 5.74) is 1.37. The minimum absolute atomic E-state index is 0.0804. The number of hydrogen-bond acceptors (Lipinski definition) is 3. The van der Waals surface area contributed by atoms with E-state index in [2.05, 4.69) is 32.2 Å². The van der Waals surface area contributed by atoms with Gasteiger partial charge in [-0.2, -0.15) is 0 Å². The molecular weight excluding hydrogens is 250 g/mol. The van der Waals surface area contributed by atoms with Gasteiger partial charge in [0.25, 0.3) is 0 Å². The molecule has 1 fully saturated rings. The summed E-state index contributed by atoms with van der Waals surface area (Å²) < 4.78 is 11.7. The smallest absolute Gasteiger partial charge is 0.105 e. The highest BCUT2D eigenvalue weighted by Crippen LogP contribution is 2.32. The first kappa shape index (κ1) is 15.6. The summed E-state index contributed by atoms with van der Waals surface area (Å²) in [7, 11) is 0. The standard InChI is InChI=1S/C17H29NO2/c1-6-17(7-2)11-15(8-9-19-17)18-13(4)16-10-12(3)20-14(16)5/h10,13,15,18H,6-9,11H2,1-5H3. The van der Waals surface area contributed by atoms with Crippen LogP contribution in [-0.4, -0.2) is 18.2 Å². The first-order valence-electron chi connectivity index (χ1n) is 7.96.